The summed E-state index contributed by atoms with van der Waals surface area (Å²) >= 11 is 0. The molecule has 0 aliphatic rings. The highest BCUT2D eigenvalue weighted by Crippen LogP contribution is 2.15. The lowest BCUT2D eigenvalue weighted by Crippen LogP contribution is -2.27. The normalized spacial score (nSPS) is 11.3. The minimum Gasteiger partial charge on any atom is -0.311 e. The number of hydrogen-bond acceptors (Lipinski definition) is 2. The lowest BCUT2D eigenvalue weighted by atomic mass is 9.96. The van der Waals surface area contributed by atoms with Gasteiger partial charge < -0.3 is 5.32 Å². The van der Waals surface area contributed by atoms with Gasteiger partial charge in [0.15, 0.2) is 0 Å². The van der Waals surface area contributed by atoms with Crippen molar-refractivity contribution in [3.8, 4) is 5.69 Å². The molecule has 1 aromatic carbocycles. The van der Waals surface area contributed by atoms with Crippen molar-refractivity contribution in [3.63, 3.8) is 0 Å². The number of benzene rings is 1. The molecule has 1 heterocycles. The Morgan fingerprint density at radius 3 is 2.42 bits per heavy atom. The smallest absolute Gasteiger partial charge is 0.273 e. The van der Waals surface area contributed by atoms with Crippen LogP contribution in [0.25, 0.3) is 5.69 Å². The van der Waals surface area contributed by atoms with Crippen LogP contribution < -0.4 is 10.9 Å². The van der Waals surface area contributed by atoms with Gasteiger partial charge in [-0.3, -0.25) is 14.7 Å². The van der Waals surface area contributed by atoms with E-state index in [1.807, 2.05) is 51.1 Å². The Morgan fingerprint density at radius 1 is 1.21 bits per heavy atom. The summed E-state index contributed by atoms with van der Waals surface area (Å²) in [6.45, 7) is 5.44. The van der Waals surface area contributed by atoms with Gasteiger partial charge in [-0.1, -0.05) is 39.0 Å². The third-order valence-electron chi connectivity index (χ3n) is 2.66. The summed E-state index contributed by atoms with van der Waals surface area (Å²) in [5.41, 5.74) is 0.00492. The molecule has 5 heteroatoms. The van der Waals surface area contributed by atoms with Crippen LogP contribution >= 0.6 is 0 Å². The second kappa shape index (κ2) is 4.76. The quantitative estimate of drug-likeness (QED) is 0.867. The fourth-order valence-corrected chi connectivity index (χ4v) is 1.54. The highest BCUT2D eigenvalue weighted by atomic mass is 16.2. The molecule has 0 saturated heterocycles. The molecule has 2 N–H and O–H groups in total. The molecule has 0 saturated carbocycles. The van der Waals surface area contributed by atoms with E-state index in [0.29, 0.717) is 5.82 Å². The number of aromatic nitrogens is 2. The van der Waals surface area contributed by atoms with Gasteiger partial charge in [0, 0.05) is 11.5 Å². The monoisotopic (exact) mass is 259 g/mol. The topological polar surface area (TPSA) is 66.9 Å². The van der Waals surface area contributed by atoms with E-state index < -0.39 is 5.41 Å². The molecule has 100 valence electrons. The predicted octanol–water partition coefficient (Wildman–Crippen LogP) is 2.15. The first-order chi connectivity index (χ1) is 8.88. The number of nitrogens with zero attached hydrogens (tertiary/aromatic N) is 1. The molecule has 0 radical (unpaired) electrons. The van der Waals surface area contributed by atoms with E-state index in [9.17, 15) is 9.59 Å². The van der Waals surface area contributed by atoms with Crippen LogP contribution in [0.4, 0.5) is 5.82 Å². The van der Waals surface area contributed by atoms with Gasteiger partial charge in [-0.15, -0.1) is 0 Å². The maximum absolute atomic E-state index is 11.9. The van der Waals surface area contributed by atoms with Gasteiger partial charge >= 0.3 is 0 Å². The van der Waals surface area contributed by atoms with E-state index >= 15 is 0 Å². The number of carbonyl (C=O) groups excluding carboxylic acids is 1. The third-order valence-corrected chi connectivity index (χ3v) is 2.66. The van der Waals surface area contributed by atoms with Crippen molar-refractivity contribution in [1.82, 2.24) is 9.78 Å². The Hall–Kier alpha value is -2.30. The minimum absolute atomic E-state index is 0.144. The number of aromatic amines is 1. The van der Waals surface area contributed by atoms with Crippen LogP contribution in [0.1, 0.15) is 20.8 Å². The fraction of sp³-hybridized carbons (Fsp3) is 0.286. The Kier molecular flexibility index (Phi) is 3.29. The average Bonchev–Trinajstić information content (AvgIpc) is 2.70. The highest BCUT2D eigenvalue weighted by Gasteiger charge is 2.22. The van der Waals surface area contributed by atoms with Gasteiger partial charge in [0.2, 0.25) is 5.91 Å². The van der Waals surface area contributed by atoms with Gasteiger partial charge in [0.25, 0.3) is 5.56 Å². The number of nitrogens with one attached hydrogen (secondary N) is 2. The third kappa shape index (κ3) is 2.93. The summed E-state index contributed by atoms with van der Waals surface area (Å²) in [6.07, 6.45) is 0. The van der Waals surface area contributed by atoms with Crippen LogP contribution in [0.15, 0.2) is 41.2 Å². The molecular formula is C14H17N3O2. The van der Waals surface area contributed by atoms with Crippen molar-refractivity contribution in [2.45, 2.75) is 20.8 Å². The van der Waals surface area contributed by atoms with Crippen molar-refractivity contribution in [3.05, 3.63) is 46.8 Å². The van der Waals surface area contributed by atoms with E-state index in [2.05, 4.69) is 10.4 Å². The van der Waals surface area contributed by atoms with E-state index in [-0.39, 0.29) is 11.5 Å². The number of anilines is 1. The molecule has 5 nitrogen and oxygen atoms in total. The number of carbonyl (C=O) groups is 1. The highest BCUT2D eigenvalue weighted by molar-refractivity contribution is 5.93. The van der Waals surface area contributed by atoms with Gasteiger partial charge in [0.1, 0.15) is 5.82 Å². The first kappa shape index (κ1) is 13.1. The Morgan fingerprint density at radius 2 is 1.84 bits per heavy atom. The number of para-hydroxylation sites is 1. The molecule has 0 bridgehead atoms. The SMILES string of the molecule is CC(C)(C)C(=O)Nc1cc(=O)n(-c2ccccc2)[nH]1. The van der Waals surface area contributed by atoms with E-state index in [1.165, 1.54) is 10.7 Å². The molecule has 0 unspecified atom stereocenters. The van der Waals surface area contributed by atoms with Crippen molar-refractivity contribution < 1.29 is 4.79 Å². The number of hydrogen-bond donors (Lipinski definition) is 2. The molecule has 0 aliphatic carbocycles. The summed E-state index contributed by atoms with van der Waals surface area (Å²) in [5.74, 6) is 0.253. The molecule has 1 aromatic heterocycles. The molecule has 2 rings (SSSR count). The van der Waals surface area contributed by atoms with Crippen LogP contribution in [0.3, 0.4) is 0 Å². The van der Waals surface area contributed by atoms with E-state index in [0.717, 1.165) is 5.69 Å². The summed E-state index contributed by atoms with van der Waals surface area (Å²) in [5, 5.41) is 5.57. The van der Waals surface area contributed by atoms with Crippen molar-refractivity contribution in [2.24, 2.45) is 5.41 Å². The van der Waals surface area contributed by atoms with Crippen molar-refractivity contribution in [1.29, 1.82) is 0 Å². The van der Waals surface area contributed by atoms with Crippen LogP contribution in [0.5, 0.6) is 0 Å². The summed E-state index contributed by atoms with van der Waals surface area (Å²) in [6, 6.07) is 10.6. The van der Waals surface area contributed by atoms with Gasteiger partial charge in [-0.2, -0.15) is 0 Å². The van der Waals surface area contributed by atoms with Crippen LogP contribution in [-0.2, 0) is 4.79 Å². The summed E-state index contributed by atoms with van der Waals surface area (Å²) < 4.78 is 1.39. The minimum atomic E-state index is -0.508. The number of H-pyrrole nitrogens is 1. The summed E-state index contributed by atoms with van der Waals surface area (Å²) in [4.78, 5) is 23.7. The van der Waals surface area contributed by atoms with Crippen LogP contribution in [0.2, 0.25) is 0 Å². The molecule has 2 aromatic rings. The molecule has 1 amide bonds. The second-order valence-corrected chi connectivity index (χ2v) is 5.38. The number of rotatable bonds is 2. The Bertz CT molecular complexity index is 633. The lowest BCUT2D eigenvalue weighted by molar-refractivity contribution is -0.123. The van der Waals surface area contributed by atoms with Crippen LogP contribution in [0, 0.1) is 5.41 Å². The molecular weight excluding hydrogens is 242 g/mol. The van der Waals surface area contributed by atoms with Crippen LogP contribution in [-0.4, -0.2) is 15.7 Å². The fourth-order valence-electron chi connectivity index (χ4n) is 1.54. The predicted molar refractivity (Wildman–Crippen MR) is 74.5 cm³/mol. The van der Waals surface area contributed by atoms with E-state index in [1.54, 1.807) is 0 Å². The van der Waals surface area contributed by atoms with Gasteiger partial charge in [-0.25, -0.2) is 4.68 Å². The molecule has 19 heavy (non-hydrogen) atoms. The molecule has 0 spiro atoms. The largest absolute Gasteiger partial charge is 0.311 e. The van der Waals surface area contributed by atoms with Crippen molar-refractivity contribution >= 4 is 11.7 Å². The zero-order chi connectivity index (χ0) is 14.0. The average molecular weight is 259 g/mol. The first-order valence-electron chi connectivity index (χ1n) is 6.07. The van der Waals surface area contributed by atoms with E-state index in [4.69, 9.17) is 0 Å². The first-order valence-corrected chi connectivity index (χ1v) is 6.07. The Labute approximate surface area is 111 Å². The standard InChI is InChI=1S/C14H17N3O2/c1-14(2,3)13(19)15-11-9-12(18)17(16-11)10-7-5-4-6-8-10/h4-9,16H,1-3H3,(H,15,19). The lowest BCUT2D eigenvalue weighted by Gasteiger charge is -2.16. The molecule has 0 atom stereocenters. The zero-order valence-electron chi connectivity index (χ0n) is 11.2. The second-order valence-electron chi connectivity index (χ2n) is 5.38. The number of amides is 1. The van der Waals surface area contributed by atoms with Crippen molar-refractivity contribution in [2.75, 3.05) is 5.32 Å². The maximum Gasteiger partial charge on any atom is 0.273 e. The molecule has 0 aliphatic heterocycles. The zero-order valence-corrected chi connectivity index (χ0v) is 11.2. The van der Waals surface area contributed by atoms with Gasteiger partial charge in [0.05, 0.1) is 5.69 Å². The maximum atomic E-state index is 11.9. The van der Waals surface area contributed by atoms with Gasteiger partial charge in [-0.05, 0) is 12.1 Å². The summed E-state index contributed by atoms with van der Waals surface area (Å²) in [7, 11) is 0. The Balaban J connectivity index is 2.28. The molecule has 0 fully saturated rings.